The lowest BCUT2D eigenvalue weighted by molar-refractivity contribution is -0.119. The highest BCUT2D eigenvalue weighted by Crippen LogP contribution is 2.29. The summed E-state index contributed by atoms with van der Waals surface area (Å²) in [6.07, 6.45) is 1.90. The molecule has 0 aromatic carbocycles. The first-order valence-corrected chi connectivity index (χ1v) is 7.09. The van der Waals surface area contributed by atoms with Gasteiger partial charge in [0.2, 0.25) is 5.91 Å². The smallest absolute Gasteiger partial charge is 0.318 e. The van der Waals surface area contributed by atoms with E-state index in [1.807, 2.05) is 11.6 Å². The molecule has 6 nitrogen and oxygen atoms in total. The van der Waals surface area contributed by atoms with E-state index in [1.54, 1.807) is 6.92 Å². The van der Waals surface area contributed by atoms with Crippen molar-refractivity contribution in [3.8, 4) is 0 Å². The van der Waals surface area contributed by atoms with Gasteiger partial charge in [0, 0.05) is 0 Å². The quantitative estimate of drug-likeness (QED) is 0.795. The maximum atomic E-state index is 11.4. The Bertz CT molecular complexity index is 395. The standard InChI is InChI=1S/C7H10N4O2S3/c1-3(4(12)9-5(8)13)15-7-11-10-6(14-2)16-7/h3H,1-2H3,(H3,8,9,12,13). The maximum absolute atomic E-state index is 11.4. The summed E-state index contributed by atoms with van der Waals surface area (Å²) in [7, 11) is 0. The lowest BCUT2D eigenvalue weighted by Gasteiger charge is -2.06. The number of hydrogen-bond donors (Lipinski definition) is 2. The minimum Gasteiger partial charge on any atom is -0.351 e. The molecule has 1 rings (SSSR count). The molecule has 1 unspecified atom stereocenters. The number of carbonyl (C=O) groups is 2. The van der Waals surface area contributed by atoms with Crippen LogP contribution in [0.25, 0.3) is 0 Å². The van der Waals surface area contributed by atoms with Gasteiger partial charge < -0.3 is 5.73 Å². The van der Waals surface area contributed by atoms with Crippen molar-refractivity contribution in [2.45, 2.75) is 20.9 Å². The summed E-state index contributed by atoms with van der Waals surface area (Å²) in [6, 6.07) is -0.848. The van der Waals surface area contributed by atoms with Crippen LogP contribution < -0.4 is 11.1 Å². The van der Waals surface area contributed by atoms with Gasteiger partial charge in [-0.25, -0.2) is 4.79 Å². The second kappa shape index (κ2) is 6.06. The summed E-state index contributed by atoms with van der Waals surface area (Å²) in [6.45, 7) is 1.67. The Kier molecular flexibility index (Phi) is 5.03. The Labute approximate surface area is 105 Å². The number of primary amides is 1. The van der Waals surface area contributed by atoms with Crippen LogP contribution in [0.5, 0.6) is 0 Å². The fourth-order valence-corrected chi connectivity index (χ4v) is 3.34. The average Bonchev–Trinajstić information content (AvgIpc) is 2.64. The number of amides is 3. The Morgan fingerprint density at radius 1 is 1.44 bits per heavy atom. The van der Waals surface area contributed by atoms with Crippen molar-refractivity contribution in [2.24, 2.45) is 5.73 Å². The zero-order valence-corrected chi connectivity index (χ0v) is 11.0. The minimum absolute atomic E-state index is 0.432. The molecule has 9 heteroatoms. The largest absolute Gasteiger partial charge is 0.351 e. The number of nitrogens with two attached hydrogens (primary N) is 1. The first-order chi connectivity index (χ1) is 7.52. The molecule has 1 aromatic heterocycles. The summed E-state index contributed by atoms with van der Waals surface area (Å²) in [5, 5.41) is 9.38. The van der Waals surface area contributed by atoms with Crippen LogP contribution in [0.1, 0.15) is 6.92 Å². The summed E-state index contributed by atoms with van der Waals surface area (Å²) in [5.41, 5.74) is 4.84. The van der Waals surface area contributed by atoms with Gasteiger partial charge in [0.1, 0.15) is 0 Å². The van der Waals surface area contributed by atoms with E-state index in [2.05, 4.69) is 10.2 Å². The molecule has 0 radical (unpaired) electrons. The molecule has 0 saturated carbocycles. The van der Waals surface area contributed by atoms with Crippen LogP contribution in [0.15, 0.2) is 8.68 Å². The topological polar surface area (TPSA) is 98.0 Å². The van der Waals surface area contributed by atoms with E-state index >= 15 is 0 Å². The number of aromatic nitrogens is 2. The van der Waals surface area contributed by atoms with Crippen LogP contribution in [0, 0.1) is 0 Å². The first-order valence-electron chi connectivity index (χ1n) is 4.17. The molecule has 0 fully saturated rings. The van der Waals surface area contributed by atoms with Crippen LogP contribution in [-0.4, -0.2) is 33.6 Å². The fourth-order valence-electron chi connectivity index (χ4n) is 0.755. The Morgan fingerprint density at radius 2 is 2.06 bits per heavy atom. The van der Waals surface area contributed by atoms with E-state index in [0.717, 1.165) is 4.34 Å². The van der Waals surface area contributed by atoms with Gasteiger partial charge in [0.15, 0.2) is 8.68 Å². The van der Waals surface area contributed by atoms with Gasteiger partial charge in [-0.2, -0.15) is 0 Å². The predicted octanol–water partition coefficient (Wildman–Crippen LogP) is 0.936. The molecule has 0 aliphatic rings. The Morgan fingerprint density at radius 3 is 2.56 bits per heavy atom. The third-order valence-electron chi connectivity index (χ3n) is 1.46. The second-order valence-electron chi connectivity index (χ2n) is 2.65. The third-order valence-corrected chi connectivity index (χ3v) is 4.54. The van der Waals surface area contributed by atoms with Gasteiger partial charge in [-0.1, -0.05) is 34.9 Å². The highest BCUT2D eigenvalue weighted by atomic mass is 32.2. The molecule has 3 N–H and O–H groups in total. The molecule has 1 heterocycles. The number of urea groups is 1. The average molecular weight is 278 g/mol. The van der Waals surface area contributed by atoms with Gasteiger partial charge >= 0.3 is 6.03 Å². The fraction of sp³-hybridized carbons (Fsp3) is 0.429. The maximum Gasteiger partial charge on any atom is 0.318 e. The normalized spacial score (nSPS) is 12.1. The predicted molar refractivity (Wildman–Crippen MR) is 64.7 cm³/mol. The van der Waals surface area contributed by atoms with E-state index in [1.165, 1.54) is 34.9 Å². The number of hydrogen-bond acceptors (Lipinski definition) is 7. The van der Waals surface area contributed by atoms with Crippen molar-refractivity contribution < 1.29 is 9.59 Å². The van der Waals surface area contributed by atoms with Crippen molar-refractivity contribution in [3.63, 3.8) is 0 Å². The Hall–Kier alpha value is -0.800. The van der Waals surface area contributed by atoms with Crippen molar-refractivity contribution in [1.82, 2.24) is 15.5 Å². The molecular weight excluding hydrogens is 268 g/mol. The Balaban J connectivity index is 2.53. The summed E-state index contributed by atoms with van der Waals surface area (Å²) in [4.78, 5) is 21.8. The van der Waals surface area contributed by atoms with Crippen LogP contribution in [0.3, 0.4) is 0 Å². The van der Waals surface area contributed by atoms with E-state index in [-0.39, 0.29) is 0 Å². The summed E-state index contributed by atoms with van der Waals surface area (Å²) in [5.74, 6) is -0.432. The zero-order valence-electron chi connectivity index (χ0n) is 8.59. The molecular formula is C7H10N4O2S3. The molecule has 0 aliphatic heterocycles. The molecule has 88 valence electrons. The molecule has 1 atom stereocenters. The minimum atomic E-state index is -0.848. The number of imide groups is 1. The zero-order chi connectivity index (χ0) is 12.1. The lowest BCUT2D eigenvalue weighted by Crippen LogP contribution is -2.39. The van der Waals surface area contributed by atoms with Gasteiger partial charge in [-0.15, -0.1) is 10.2 Å². The number of thioether (sulfide) groups is 2. The van der Waals surface area contributed by atoms with Gasteiger partial charge in [0.25, 0.3) is 0 Å². The van der Waals surface area contributed by atoms with Crippen molar-refractivity contribution >= 4 is 46.8 Å². The molecule has 16 heavy (non-hydrogen) atoms. The van der Waals surface area contributed by atoms with E-state index in [9.17, 15) is 9.59 Å². The van der Waals surface area contributed by atoms with Crippen LogP contribution in [-0.2, 0) is 4.79 Å². The van der Waals surface area contributed by atoms with Crippen LogP contribution in [0.4, 0.5) is 4.79 Å². The number of carbonyl (C=O) groups excluding carboxylic acids is 2. The van der Waals surface area contributed by atoms with Crippen molar-refractivity contribution in [3.05, 3.63) is 0 Å². The SMILES string of the molecule is CSc1nnc(SC(C)C(=O)NC(N)=O)s1. The summed E-state index contributed by atoms with van der Waals surface area (Å²) < 4.78 is 1.53. The molecule has 3 amide bonds. The number of nitrogens with one attached hydrogen (secondary N) is 1. The number of rotatable bonds is 4. The highest BCUT2D eigenvalue weighted by Gasteiger charge is 2.17. The first kappa shape index (κ1) is 13.3. The molecule has 0 saturated heterocycles. The van der Waals surface area contributed by atoms with Gasteiger partial charge in [-0.05, 0) is 13.2 Å². The van der Waals surface area contributed by atoms with Crippen LogP contribution >= 0.6 is 34.9 Å². The number of nitrogens with zero attached hydrogens (tertiary/aromatic N) is 2. The molecule has 0 bridgehead atoms. The lowest BCUT2D eigenvalue weighted by atomic mass is 10.4. The van der Waals surface area contributed by atoms with Crippen molar-refractivity contribution in [1.29, 1.82) is 0 Å². The van der Waals surface area contributed by atoms with E-state index in [0.29, 0.717) is 4.34 Å². The van der Waals surface area contributed by atoms with Gasteiger partial charge in [0.05, 0.1) is 5.25 Å². The van der Waals surface area contributed by atoms with Crippen molar-refractivity contribution in [2.75, 3.05) is 6.26 Å². The summed E-state index contributed by atoms with van der Waals surface area (Å²) >= 11 is 4.14. The van der Waals surface area contributed by atoms with E-state index < -0.39 is 17.2 Å². The van der Waals surface area contributed by atoms with E-state index in [4.69, 9.17) is 5.73 Å². The molecule has 0 aliphatic carbocycles. The monoisotopic (exact) mass is 278 g/mol. The molecule has 0 spiro atoms. The van der Waals surface area contributed by atoms with Gasteiger partial charge in [-0.3, -0.25) is 10.1 Å². The molecule has 1 aromatic rings. The third kappa shape index (κ3) is 3.99. The highest BCUT2D eigenvalue weighted by molar-refractivity contribution is 8.03. The van der Waals surface area contributed by atoms with Crippen LogP contribution in [0.2, 0.25) is 0 Å². The second-order valence-corrected chi connectivity index (χ2v) is 6.27.